The van der Waals surface area contributed by atoms with Gasteiger partial charge in [0.1, 0.15) is 5.75 Å². The van der Waals surface area contributed by atoms with E-state index in [0.717, 1.165) is 34.2 Å². The van der Waals surface area contributed by atoms with Gasteiger partial charge in [0, 0.05) is 11.9 Å². The van der Waals surface area contributed by atoms with Gasteiger partial charge in [-0.25, -0.2) is 4.79 Å². The van der Waals surface area contributed by atoms with E-state index >= 15 is 0 Å². The van der Waals surface area contributed by atoms with Crippen LogP contribution in [0.2, 0.25) is 0 Å². The van der Waals surface area contributed by atoms with Gasteiger partial charge >= 0.3 is 6.03 Å². The zero-order valence-corrected chi connectivity index (χ0v) is 16.1. The van der Waals surface area contributed by atoms with E-state index < -0.39 is 0 Å². The van der Waals surface area contributed by atoms with Crippen molar-refractivity contribution in [2.24, 2.45) is 0 Å². The van der Waals surface area contributed by atoms with Crippen LogP contribution < -0.4 is 15.4 Å². The molecule has 6 heteroatoms. The van der Waals surface area contributed by atoms with Gasteiger partial charge in [-0.2, -0.15) is 5.10 Å². The fourth-order valence-corrected chi connectivity index (χ4v) is 3.21. The number of hydrogen-bond donors (Lipinski definition) is 3. The molecule has 0 aliphatic rings. The van der Waals surface area contributed by atoms with E-state index in [1.165, 1.54) is 5.56 Å². The highest BCUT2D eigenvalue weighted by Crippen LogP contribution is 2.28. The van der Waals surface area contributed by atoms with Crippen molar-refractivity contribution in [3.8, 4) is 16.9 Å². The Bertz CT molecular complexity index is 1120. The van der Waals surface area contributed by atoms with Crippen molar-refractivity contribution in [2.45, 2.75) is 6.42 Å². The van der Waals surface area contributed by atoms with Crippen LogP contribution in [0.4, 0.5) is 10.6 Å². The van der Waals surface area contributed by atoms with Gasteiger partial charge in [-0.15, -0.1) is 0 Å². The minimum absolute atomic E-state index is 0.272. The molecule has 0 unspecified atom stereocenters. The number of fused-ring (bicyclic) bond motifs is 1. The van der Waals surface area contributed by atoms with Crippen LogP contribution >= 0.6 is 0 Å². The van der Waals surface area contributed by atoms with Crippen LogP contribution in [0.15, 0.2) is 72.8 Å². The first-order valence-corrected chi connectivity index (χ1v) is 9.44. The largest absolute Gasteiger partial charge is 0.497 e. The second-order valence-corrected chi connectivity index (χ2v) is 6.68. The SMILES string of the molecule is COc1cccc(-c2ccc3c(NC(=O)NCCc4ccccc4)n[nH]c3c2)c1. The molecule has 1 aromatic heterocycles. The van der Waals surface area contributed by atoms with Crippen molar-refractivity contribution in [3.05, 3.63) is 78.4 Å². The Morgan fingerprint density at radius 2 is 1.83 bits per heavy atom. The highest BCUT2D eigenvalue weighted by atomic mass is 16.5. The van der Waals surface area contributed by atoms with Crippen LogP contribution in [-0.4, -0.2) is 29.9 Å². The van der Waals surface area contributed by atoms with E-state index in [-0.39, 0.29) is 6.03 Å². The summed E-state index contributed by atoms with van der Waals surface area (Å²) in [6, 6.07) is 23.6. The molecule has 0 saturated heterocycles. The molecule has 0 fully saturated rings. The monoisotopic (exact) mass is 386 g/mol. The number of methoxy groups -OCH3 is 1. The molecule has 1 heterocycles. The van der Waals surface area contributed by atoms with Gasteiger partial charge in [-0.3, -0.25) is 10.4 Å². The molecule has 4 rings (SSSR count). The van der Waals surface area contributed by atoms with Crippen molar-refractivity contribution in [3.63, 3.8) is 0 Å². The van der Waals surface area contributed by atoms with Crippen molar-refractivity contribution < 1.29 is 9.53 Å². The average Bonchev–Trinajstić information content (AvgIpc) is 3.16. The topological polar surface area (TPSA) is 79.0 Å². The number of hydrogen-bond acceptors (Lipinski definition) is 3. The first-order chi connectivity index (χ1) is 14.2. The maximum atomic E-state index is 12.2. The van der Waals surface area contributed by atoms with E-state index in [9.17, 15) is 4.79 Å². The molecule has 0 radical (unpaired) electrons. The summed E-state index contributed by atoms with van der Waals surface area (Å²) in [5.74, 6) is 1.32. The van der Waals surface area contributed by atoms with Crippen LogP contribution in [0.3, 0.4) is 0 Å². The van der Waals surface area contributed by atoms with Crippen molar-refractivity contribution in [1.29, 1.82) is 0 Å². The van der Waals surface area contributed by atoms with Crippen LogP contribution in [0, 0.1) is 0 Å². The fraction of sp³-hybridized carbons (Fsp3) is 0.130. The number of aromatic amines is 1. The van der Waals surface area contributed by atoms with Gasteiger partial charge in [-0.1, -0.05) is 48.5 Å². The number of carbonyl (C=O) groups excluding carboxylic acids is 1. The molecule has 3 N–H and O–H groups in total. The summed E-state index contributed by atoms with van der Waals surface area (Å²) in [6.45, 7) is 0.554. The number of H-pyrrole nitrogens is 1. The Balaban J connectivity index is 1.42. The summed E-state index contributed by atoms with van der Waals surface area (Å²) in [5.41, 5.74) is 4.13. The second kappa shape index (κ2) is 8.48. The van der Waals surface area contributed by atoms with Crippen LogP contribution in [-0.2, 0) is 6.42 Å². The summed E-state index contributed by atoms with van der Waals surface area (Å²) in [7, 11) is 1.65. The molecular formula is C23H22N4O2. The van der Waals surface area contributed by atoms with Crippen LogP contribution in [0.5, 0.6) is 5.75 Å². The molecule has 6 nitrogen and oxygen atoms in total. The molecule has 29 heavy (non-hydrogen) atoms. The number of anilines is 1. The lowest BCUT2D eigenvalue weighted by atomic mass is 10.0. The summed E-state index contributed by atoms with van der Waals surface area (Å²) < 4.78 is 5.30. The van der Waals surface area contributed by atoms with Crippen LogP contribution in [0.25, 0.3) is 22.0 Å². The Kier molecular flexibility index (Phi) is 5.42. The Hall–Kier alpha value is -3.80. The predicted molar refractivity (Wildman–Crippen MR) is 115 cm³/mol. The predicted octanol–water partition coefficient (Wildman–Crippen LogP) is 4.60. The number of benzene rings is 3. The number of ether oxygens (including phenoxy) is 1. The van der Waals surface area contributed by atoms with Gasteiger partial charge in [0.15, 0.2) is 5.82 Å². The molecular weight excluding hydrogens is 364 g/mol. The number of nitrogens with zero attached hydrogens (tertiary/aromatic N) is 1. The zero-order valence-electron chi connectivity index (χ0n) is 16.1. The summed E-state index contributed by atoms with van der Waals surface area (Å²) in [6.07, 6.45) is 0.777. The molecule has 3 aromatic carbocycles. The molecule has 4 aromatic rings. The Morgan fingerprint density at radius 3 is 2.66 bits per heavy atom. The van der Waals surface area contributed by atoms with Crippen molar-refractivity contribution >= 4 is 22.8 Å². The quantitative estimate of drug-likeness (QED) is 0.453. The number of rotatable bonds is 6. The second-order valence-electron chi connectivity index (χ2n) is 6.68. The summed E-state index contributed by atoms with van der Waals surface area (Å²) in [4.78, 5) is 12.2. The lowest BCUT2D eigenvalue weighted by molar-refractivity contribution is 0.252. The third-order valence-electron chi connectivity index (χ3n) is 4.74. The first kappa shape index (κ1) is 18.6. The van der Waals surface area contributed by atoms with Gasteiger partial charge in [-0.05, 0) is 47.4 Å². The zero-order chi connectivity index (χ0) is 20.1. The summed E-state index contributed by atoms with van der Waals surface area (Å²) in [5, 5.41) is 13.8. The maximum absolute atomic E-state index is 12.2. The van der Waals surface area contributed by atoms with Gasteiger partial charge in [0.05, 0.1) is 12.6 Å². The fourth-order valence-electron chi connectivity index (χ4n) is 3.21. The van der Waals surface area contributed by atoms with Crippen molar-refractivity contribution in [1.82, 2.24) is 15.5 Å². The minimum Gasteiger partial charge on any atom is -0.497 e. The Morgan fingerprint density at radius 1 is 1.00 bits per heavy atom. The molecule has 0 aliphatic heterocycles. The Labute approximate surface area is 168 Å². The van der Waals surface area contributed by atoms with Crippen LogP contribution in [0.1, 0.15) is 5.56 Å². The summed E-state index contributed by atoms with van der Waals surface area (Å²) >= 11 is 0. The number of aromatic nitrogens is 2. The number of urea groups is 1. The highest BCUT2D eigenvalue weighted by molar-refractivity contribution is 6.00. The number of amides is 2. The first-order valence-electron chi connectivity index (χ1n) is 9.44. The lowest BCUT2D eigenvalue weighted by Crippen LogP contribution is -2.30. The van der Waals surface area contributed by atoms with Gasteiger partial charge in [0.25, 0.3) is 0 Å². The van der Waals surface area contributed by atoms with E-state index in [0.29, 0.717) is 12.4 Å². The number of carbonyl (C=O) groups is 1. The molecule has 0 aliphatic carbocycles. The highest BCUT2D eigenvalue weighted by Gasteiger charge is 2.10. The molecule has 0 spiro atoms. The number of nitrogens with one attached hydrogen (secondary N) is 3. The molecule has 146 valence electrons. The molecule has 0 saturated carbocycles. The van der Waals surface area contributed by atoms with Gasteiger partial charge < -0.3 is 10.1 Å². The van der Waals surface area contributed by atoms with Gasteiger partial charge in [0.2, 0.25) is 0 Å². The minimum atomic E-state index is -0.272. The van der Waals surface area contributed by atoms with Crippen molar-refractivity contribution in [2.75, 3.05) is 19.0 Å². The maximum Gasteiger partial charge on any atom is 0.320 e. The molecule has 2 amide bonds. The van der Waals surface area contributed by atoms with E-state index in [4.69, 9.17) is 4.74 Å². The third-order valence-corrected chi connectivity index (χ3v) is 4.74. The molecule has 0 bridgehead atoms. The normalized spacial score (nSPS) is 10.7. The standard InChI is InChI=1S/C23H22N4O2/c1-29-19-9-5-8-17(14-19)18-10-11-20-21(15-18)26-27-22(20)25-23(28)24-13-12-16-6-3-2-4-7-16/h2-11,14-15H,12-13H2,1H3,(H3,24,25,26,27,28). The van der Waals surface area contributed by atoms with E-state index in [1.807, 2.05) is 72.8 Å². The van der Waals surface area contributed by atoms with E-state index in [2.05, 4.69) is 20.8 Å². The van der Waals surface area contributed by atoms with E-state index in [1.54, 1.807) is 7.11 Å². The molecule has 0 atom stereocenters. The lowest BCUT2D eigenvalue weighted by Gasteiger charge is -2.07. The average molecular weight is 386 g/mol. The smallest absolute Gasteiger partial charge is 0.320 e. The third kappa shape index (κ3) is 4.38.